The molecule has 1 aromatic rings. The molecule has 2 fully saturated rings. The molecular formula is C20H27N3O3. The minimum Gasteiger partial charge on any atom is -0.354 e. The van der Waals surface area contributed by atoms with Gasteiger partial charge in [0.05, 0.1) is 5.92 Å². The fraction of sp³-hybridized carbons (Fsp3) is 0.550. The van der Waals surface area contributed by atoms with Crippen molar-refractivity contribution in [1.29, 1.82) is 0 Å². The van der Waals surface area contributed by atoms with Crippen molar-refractivity contribution in [3.63, 3.8) is 0 Å². The normalized spacial score (nSPS) is 23.0. The van der Waals surface area contributed by atoms with Crippen molar-refractivity contribution in [3.8, 4) is 0 Å². The second-order valence-electron chi connectivity index (χ2n) is 7.17. The van der Waals surface area contributed by atoms with Gasteiger partial charge in [0.25, 0.3) is 0 Å². The van der Waals surface area contributed by atoms with Crippen LogP contribution in [0.2, 0.25) is 0 Å². The van der Waals surface area contributed by atoms with E-state index in [1.807, 2.05) is 12.1 Å². The summed E-state index contributed by atoms with van der Waals surface area (Å²) in [6.45, 7) is 3.20. The van der Waals surface area contributed by atoms with Gasteiger partial charge in [-0.3, -0.25) is 14.4 Å². The van der Waals surface area contributed by atoms with Crippen LogP contribution < -0.4 is 15.5 Å². The molecular weight excluding hydrogens is 330 g/mol. The third-order valence-corrected chi connectivity index (χ3v) is 5.16. The Morgan fingerprint density at radius 2 is 2.04 bits per heavy atom. The summed E-state index contributed by atoms with van der Waals surface area (Å²) >= 11 is 0. The number of hydrogen-bond donors (Lipinski definition) is 2. The monoisotopic (exact) mass is 357 g/mol. The van der Waals surface area contributed by atoms with Gasteiger partial charge in [-0.2, -0.15) is 0 Å². The first-order valence-electron chi connectivity index (χ1n) is 9.56. The van der Waals surface area contributed by atoms with Crippen LogP contribution in [0.5, 0.6) is 0 Å². The van der Waals surface area contributed by atoms with E-state index in [2.05, 4.69) is 29.7 Å². The summed E-state index contributed by atoms with van der Waals surface area (Å²) in [5.41, 5.74) is 2.10. The first-order chi connectivity index (χ1) is 12.6. The smallest absolute Gasteiger partial charge is 0.242 e. The molecule has 0 aliphatic carbocycles. The van der Waals surface area contributed by atoms with Gasteiger partial charge in [0.15, 0.2) is 0 Å². The summed E-state index contributed by atoms with van der Waals surface area (Å²) in [6, 6.07) is 7.55. The van der Waals surface area contributed by atoms with E-state index >= 15 is 0 Å². The van der Waals surface area contributed by atoms with E-state index in [1.54, 1.807) is 4.90 Å². The Hall–Kier alpha value is -2.37. The number of hydrogen-bond acceptors (Lipinski definition) is 3. The summed E-state index contributed by atoms with van der Waals surface area (Å²) in [5.74, 6) is -0.785. The van der Waals surface area contributed by atoms with E-state index in [0.717, 1.165) is 31.4 Å². The van der Waals surface area contributed by atoms with E-state index in [-0.39, 0.29) is 24.1 Å². The minimum atomic E-state index is -0.474. The number of nitrogens with zero attached hydrogens (tertiary/aromatic N) is 1. The van der Waals surface area contributed by atoms with Crippen molar-refractivity contribution < 1.29 is 14.4 Å². The lowest BCUT2D eigenvalue weighted by Gasteiger charge is -2.24. The molecule has 2 heterocycles. The minimum absolute atomic E-state index is 0.0421. The van der Waals surface area contributed by atoms with Crippen molar-refractivity contribution in [1.82, 2.24) is 10.6 Å². The number of carbonyl (C=O) groups is 3. The first kappa shape index (κ1) is 18.4. The zero-order valence-corrected chi connectivity index (χ0v) is 15.3. The lowest BCUT2D eigenvalue weighted by molar-refractivity contribution is -0.132. The van der Waals surface area contributed by atoms with E-state index in [1.165, 1.54) is 5.56 Å². The number of anilines is 1. The van der Waals surface area contributed by atoms with Gasteiger partial charge in [0.1, 0.15) is 6.04 Å². The topological polar surface area (TPSA) is 78.5 Å². The van der Waals surface area contributed by atoms with Crippen LogP contribution in [0.4, 0.5) is 5.69 Å². The Morgan fingerprint density at radius 3 is 2.73 bits per heavy atom. The zero-order chi connectivity index (χ0) is 18.5. The molecule has 0 saturated carbocycles. The number of rotatable bonds is 6. The molecule has 2 N–H and O–H groups in total. The third kappa shape index (κ3) is 4.23. The number of nitrogens with one attached hydrogen (secondary N) is 2. The zero-order valence-electron chi connectivity index (χ0n) is 15.3. The molecule has 2 atom stereocenters. The molecule has 6 heteroatoms. The lowest BCUT2D eigenvalue weighted by Crippen LogP contribution is -2.51. The highest BCUT2D eigenvalue weighted by Crippen LogP contribution is 2.26. The molecule has 26 heavy (non-hydrogen) atoms. The van der Waals surface area contributed by atoms with Crippen LogP contribution in [0.25, 0.3) is 0 Å². The highest BCUT2D eigenvalue weighted by Gasteiger charge is 2.36. The average molecular weight is 357 g/mol. The van der Waals surface area contributed by atoms with Crippen molar-refractivity contribution in [2.75, 3.05) is 18.0 Å². The van der Waals surface area contributed by atoms with Gasteiger partial charge in [0, 0.05) is 25.2 Å². The summed E-state index contributed by atoms with van der Waals surface area (Å²) < 4.78 is 0. The predicted molar refractivity (Wildman–Crippen MR) is 99.7 cm³/mol. The fourth-order valence-electron chi connectivity index (χ4n) is 3.56. The van der Waals surface area contributed by atoms with Crippen LogP contribution in [0, 0.1) is 5.92 Å². The molecule has 6 nitrogen and oxygen atoms in total. The van der Waals surface area contributed by atoms with Crippen molar-refractivity contribution in [2.45, 2.75) is 51.5 Å². The number of benzene rings is 1. The molecule has 3 rings (SSSR count). The average Bonchev–Trinajstić information content (AvgIpc) is 3.04. The number of unbranched alkanes of at least 4 members (excludes halogenated alkanes) is 1. The molecule has 3 amide bonds. The Bertz CT molecular complexity index is 671. The predicted octanol–water partition coefficient (Wildman–Crippen LogP) is 1.78. The van der Waals surface area contributed by atoms with Gasteiger partial charge in [-0.05, 0) is 43.4 Å². The van der Waals surface area contributed by atoms with Gasteiger partial charge in [-0.15, -0.1) is 0 Å². The third-order valence-electron chi connectivity index (χ3n) is 5.16. The molecule has 0 aromatic heterocycles. The molecule has 0 unspecified atom stereocenters. The molecule has 2 aliphatic rings. The summed E-state index contributed by atoms with van der Waals surface area (Å²) in [4.78, 5) is 38.3. The van der Waals surface area contributed by atoms with Gasteiger partial charge >= 0.3 is 0 Å². The molecule has 2 saturated heterocycles. The molecule has 0 bridgehead atoms. The van der Waals surface area contributed by atoms with Crippen molar-refractivity contribution in [2.24, 2.45) is 5.92 Å². The quantitative estimate of drug-likeness (QED) is 0.814. The van der Waals surface area contributed by atoms with E-state index in [4.69, 9.17) is 0 Å². The number of piperidine rings is 1. The Morgan fingerprint density at radius 1 is 1.27 bits per heavy atom. The molecule has 1 aromatic carbocycles. The van der Waals surface area contributed by atoms with Crippen LogP contribution in [-0.2, 0) is 20.8 Å². The van der Waals surface area contributed by atoms with E-state index in [0.29, 0.717) is 19.5 Å². The van der Waals surface area contributed by atoms with Crippen LogP contribution in [0.15, 0.2) is 24.3 Å². The standard InChI is InChI=1S/C20H27N3O3/c1-2-3-5-14-7-9-16(10-8-14)23-13-15(12-18(23)24)19(25)22-17-6-4-11-21-20(17)26/h7-10,15,17H,2-6,11-13H2,1H3,(H,21,26)(H,22,25)/t15-,17-/m1/s1. The fourth-order valence-corrected chi connectivity index (χ4v) is 3.56. The highest BCUT2D eigenvalue weighted by molar-refractivity contribution is 6.01. The summed E-state index contributed by atoms with van der Waals surface area (Å²) in [6.07, 6.45) is 5.05. The molecule has 140 valence electrons. The maximum Gasteiger partial charge on any atom is 0.242 e. The van der Waals surface area contributed by atoms with Crippen LogP contribution in [0.3, 0.4) is 0 Å². The first-order valence-corrected chi connectivity index (χ1v) is 9.56. The Labute approximate surface area is 154 Å². The summed E-state index contributed by atoms with van der Waals surface area (Å²) in [7, 11) is 0. The van der Waals surface area contributed by atoms with Crippen molar-refractivity contribution in [3.05, 3.63) is 29.8 Å². The van der Waals surface area contributed by atoms with Gasteiger partial charge in [0.2, 0.25) is 17.7 Å². The van der Waals surface area contributed by atoms with Crippen LogP contribution >= 0.6 is 0 Å². The van der Waals surface area contributed by atoms with Gasteiger partial charge < -0.3 is 15.5 Å². The molecule has 2 aliphatic heterocycles. The lowest BCUT2D eigenvalue weighted by atomic mass is 10.0. The highest BCUT2D eigenvalue weighted by atomic mass is 16.2. The van der Waals surface area contributed by atoms with Gasteiger partial charge in [-0.1, -0.05) is 25.5 Å². The second kappa shape index (κ2) is 8.34. The van der Waals surface area contributed by atoms with E-state index in [9.17, 15) is 14.4 Å². The Balaban J connectivity index is 1.59. The molecule has 0 radical (unpaired) electrons. The van der Waals surface area contributed by atoms with Crippen LogP contribution in [-0.4, -0.2) is 36.9 Å². The number of amides is 3. The van der Waals surface area contributed by atoms with Crippen LogP contribution in [0.1, 0.15) is 44.6 Å². The van der Waals surface area contributed by atoms with Crippen molar-refractivity contribution >= 4 is 23.4 Å². The maximum absolute atomic E-state index is 12.5. The summed E-state index contributed by atoms with van der Waals surface area (Å²) in [5, 5.41) is 5.57. The maximum atomic E-state index is 12.5. The second-order valence-corrected chi connectivity index (χ2v) is 7.17. The van der Waals surface area contributed by atoms with E-state index < -0.39 is 12.0 Å². The SMILES string of the molecule is CCCCc1ccc(N2C[C@H](C(=O)N[C@@H]3CCCNC3=O)CC2=O)cc1. The van der Waals surface area contributed by atoms with Gasteiger partial charge in [-0.25, -0.2) is 0 Å². The Kier molecular flexibility index (Phi) is 5.91. The number of aryl methyl sites for hydroxylation is 1. The largest absolute Gasteiger partial charge is 0.354 e. The molecule has 0 spiro atoms. The number of carbonyl (C=O) groups excluding carboxylic acids is 3.